The number of aromatic nitrogens is 2. The molecule has 17 heavy (non-hydrogen) atoms. The summed E-state index contributed by atoms with van der Waals surface area (Å²) in [4.78, 5) is 11.9. The van der Waals surface area contributed by atoms with Crippen LogP contribution in [0.25, 0.3) is 0 Å². The van der Waals surface area contributed by atoms with E-state index in [2.05, 4.69) is 10.4 Å². The Kier molecular flexibility index (Phi) is 3.44. The molecule has 1 fully saturated rings. The van der Waals surface area contributed by atoms with Crippen LogP contribution in [-0.2, 0) is 7.05 Å². The van der Waals surface area contributed by atoms with Crippen molar-refractivity contribution in [1.29, 1.82) is 0 Å². The van der Waals surface area contributed by atoms with E-state index in [4.69, 9.17) is 0 Å². The Labute approximate surface area is 99.3 Å². The van der Waals surface area contributed by atoms with Gasteiger partial charge in [0, 0.05) is 13.2 Å². The van der Waals surface area contributed by atoms with Crippen LogP contribution in [-0.4, -0.2) is 44.2 Å². The first kappa shape index (κ1) is 12.1. The van der Waals surface area contributed by atoms with Gasteiger partial charge in [0.15, 0.2) is 0 Å². The predicted molar refractivity (Wildman–Crippen MR) is 60.3 cm³/mol. The van der Waals surface area contributed by atoms with Gasteiger partial charge in [-0.25, -0.2) is 0 Å². The maximum Gasteiger partial charge on any atom is 0.269 e. The van der Waals surface area contributed by atoms with Crippen molar-refractivity contribution < 1.29 is 15.0 Å². The molecule has 2 rings (SSSR count). The molecule has 3 atom stereocenters. The summed E-state index contributed by atoms with van der Waals surface area (Å²) in [6, 6.07) is 1.22. The molecule has 6 nitrogen and oxygen atoms in total. The molecular weight excluding hydrogens is 222 g/mol. The number of hydrogen-bond acceptors (Lipinski definition) is 4. The lowest BCUT2D eigenvalue weighted by molar-refractivity contribution is -0.0278. The van der Waals surface area contributed by atoms with Crippen molar-refractivity contribution in [1.82, 2.24) is 15.1 Å². The fourth-order valence-corrected chi connectivity index (χ4v) is 2.15. The van der Waals surface area contributed by atoms with Gasteiger partial charge < -0.3 is 15.5 Å². The second-order valence-electron chi connectivity index (χ2n) is 4.41. The van der Waals surface area contributed by atoms with E-state index in [9.17, 15) is 15.0 Å². The third-order valence-electron chi connectivity index (χ3n) is 3.19. The van der Waals surface area contributed by atoms with E-state index in [1.165, 1.54) is 4.68 Å². The topological polar surface area (TPSA) is 87.4 Å². The molecular formula is C11H17N3O3. The van der Waals surface area contributed by atoms with Gasteiger partial charge in [-0.05, 0) is 25.3 Å². The van der Waals surface area contributed by atoms with Crippen LogP contribution in [0.15, 0.2) is 12.3 Å². The highest BCUT2D eigenvalue weighted by molar-refractivity contribution is 5.92. The molecule has 1 aliphatic rings. The van der Waals surface area contributed by atoms with Crippen LogP contribution in [0.3, 0.4) is 0 Å². The second kappa shape index (κ2) is 4.85. The molecule has 0 unspecified atom stereocenters. The summed E-state index contributed by atoms with van der Waals surface area (Å²) in [7, 11) is 1.68. The van der Waals surface area contributed by atoms with E-state index in [0.717, 1.165) is 6.42 Å². The van der Waals surface area contributed by atoms with E-state index >= 15 is 0 Å². The fraction of sp³-hybridized carbons (Fsp3) is 0.636. The van der Waals surface area contributed by atoms with Gasteiger partial charge >= 0.3 is 0 Å². The summed E-state index contributed by atoms with van der Waals surface area (Å²) in [5, 5.41) is 25.9. The van der Waals surface area contributed by atoms with Crippen LogP contribution in [0.2, 0.25) is 0 Å². The van der Waals surface area contributed by atoms with Gasteiger partial charge in [0.2, 0.25) is 0 Å². The molecule has 1 aromatic rings. The summed E-state index contributed by atoms with van der Waals surface area (Å²) >= 11 is 0. The summed E-state index contributed by atoms with van der Waals surface area (Å²) in [5.41, 5.74) is 0.442. The number of carbonyl (C=O) groups is 1. The van der Waals surface area contributed by atoms with E-state index in [-0.39, 0.29) is 11.9 Å². The number of nitrogens with zero attached hydrogens (tertiary/aromatic N) is 2. The number of rotatable bonds is 2. The SMILES string of the molecule is Cn1nccc1C(=O)N[C@@H]1CCC[C@@H](O)[C@@H]1O. The Bertz CT molecular complexity index is 404. The largest absolute Gasteiger partial charge is 0.390 e. The summed E-state index contributed by atoms with van der Waals surface area (Å²) in [6.07, 6.45) is 1.97. The molecule has 0 aliphatic heterocycles. The third kappa shape index (κ3) is 2.48. The average molecular weight is 239 g/mol. The number of aliphatic hydroxyl groups excluding tert-OH is 2. The Morgan fingerprint density at radius 1 is 1.53 bits per heavy atom. The number of carbonyl (C=O) groups excluding carboxylic acids is 1. The highest BCUT2D eigenvalue weighted by atomic mass is 16.3. The van der Waals surface area contributed by atoms with Crippen molar-refractivity contribution in [3.05, 3.63) is 18.0 Å². The molecule has 0 bridgehead atoms. The molecule has 94 valence electrons. The van der Waals surface area contributed by atoms with E-state index in [1.807, 2.05) is 0 Å². The quantitative estimate of drug-likeness (QED) is 0.644. The zero-order valence-corrected chi connectivity index (χ0v) is 9.71. The molecule has 1 heterocycles. The maximum atomic E-state index is 11.9. The van der Waals surface area contributed by atoms with Crippen LogP contribution in [0.4, 0.5) is 0 Å². The number of nitrogens with one attached hydrogen (secondary N) is 1. The van der Waals surface area contributed by atoms with E-state index in [0.29, 0.717) is 18.5 Å². The minimum Gasteiger partial charge on any atom is -0.390 e. The second-order valence-corrected chi connectivity index (χ2v) is 4.41. The zero-order valence-electron chi connectivity index (χ0n) is 9.71. The minimum absolute atomic E-state index is 0.275. The molecule has 0 aromatic carbocycles. The van der Waals surface area contributed by atoms with Crippen LogP contribution in [0, 0.1) is 0 Å². The van der Waals surface area contributed by atoms with Crippen molar-refractivity contribution in [2.75, 3.05) is 0 Å². The van der Waals surface area contributed by atoms with Gasteiger partial charge in [0.25, 0.3) is 5.91 Å². The molecule has 1 amide bonds. The van der Waals surface area contributed by atoms with Crippen molar-refractivity contribution >= 4 is 5.91 Å². The molecule has 0 radical (unpaired) electrons. The van der Waals surface area contributed by atoms with Crippen molar-refractivity contribution in [3.8, 4) is 0 Å². The van der Waals surface area contributed by atoms with Crippen LogP contribution >= 0.6 is 0 Å². The number of hydrogen-bond donors (Lipinski definition) is 3. The van der Waals surface area contributed by atoms with Gasteiger partial charge in [-0.2, -0.15) is 5.10 Å². The summed E-state index contributed by atoms with van der Waals surface area (Å²) in [6.45, 7) is 0. The van der Waals surface area contributed by atoms with Gasteiger partial charge in [-0.15, -0.1) is 0 Å². The fourth-order valence-electron chi connectivity index (χ4n) is 2.15. The van der Waals surface area contributed by atoms with Crippen molar-refractivity contribution in [2.45, 2.75) is 37.5 Å². The Morgan fingerprint density at radius 2 is 2.29 bits per heavy atom. The summed E-state index contributed by atoms with van der Waals surface area (Å²) < 4.78 is 1.47. The lowest BCUT2D eigenvalue weighted by Crippen LogP contribution is -2.51. The van der Waals surface area contributed by atoms with Crippen LogP contribution in [0.1, 0.15) is 29.8 Å². The Morgan fingerprint density at radius 3 is 2.94 bits per heavy atom. The summed E-state index contributed by atoms with van der Waals surface area (Å²) in [5.74, 6) is -0.275. The lowest BCUT2D eigenvalue weighted by atomic mass is 9.90. The monoisotopic (exact) mass is 239 g/mol. The molecule has 6 heteroatoms. The smallest absolute Gasteiger partial charge is 0.269 e. The molecule has 0 saturated heterocycles. The van der Waals surface area contributed by atoms with Crippen LogP contribution in [0.5, 0.6) is 0 Å². The number of aliphatic hydroxyl groups is 2. The molecule has 1 aliphatic carbocycles. The highest BCUT2D eigenvalue weighted by Crippen LogP contribution is 2.19. The Balaban J connectivity index is 2.01. The normalized spacial score (nSPS) is 29.0. The first-order valence-electron chi connectivity index (χ1n) is 5.74. The van der Waals surface area contributed by atoms with Crippen LogP contribution < -0.4 is 5.32 Å². The van der Waals surface area contributed by atoms with E-state index < -0.39 is 12.2 Å². The van der Waals surface area contributed by atoms with E-state index in [1.54, 1.807) is 19.3 Å². The molecule has 3 N–H and O–H groups in total. The zero-order chi connectivity index (χ0) is 12.4. The lowest BCUT2D eigenvalue weighted by Gasteiger charge is -2.32. The van der Waals surface area contributed by atoms with Gasteiger partial charge in [-0.3, -0.25) is 9.48 Å². The van der Waals surface area contributed by atoms with Gasteiger partial charge in [-0.1, -0.05) is 0 Å². The maximum absolute atomic E-state index is 11.9. The standard InChI is InChI=1S/C11H17N3O3/c1-14-8(5-6-12-14)11(17)13-7-3-2-4-9(15)10(7)16/h5-7,9-10,15-16H,2-4H2,1H3,(H,13,17)/t7-,9-,10-/m1/s1. The Hall–Kier alpha value is -1.40. The first-order chi connectivity index (χ1) is 8.09. The van der Waals surface area contributed by atoms with Gasteiger partial charge in [0.05, 0.1) is 18.2 Å². The minimum atomic E-state index is -0.888. The predicted octanol–water partition coefficient (Wildman–Crippen LogP) is -0.576. The number of aryl methyl sites for hydroxylation is 1. The molecule has 1 saturated carbocycles. The number of amides is 1. The van der Waals surface area contributed by atoms with Crippen molar-refractivity contribution in [3.63, 3.8) is 0 Å². The molecule has 0 spiro atoms. The highest BCUT2D eigenvalue weighted by Gasteiger charge is 2.31. The molecule has 1 aromatic heterocycles. The van der Waals surface area contributed by atoms with Gasteiger partial charge in [0.1, 0.15) is 5.69 Å². The van der Waals surface area contributed by atoms with Crippen molar-refractivity contribution in [2.24, 2.45) is 7.05 Å². The first-order valence-corrected chi connectivity index (χ1v) is 5.74. The average Bonchev–Trinajstić information content (AvgIpc) is 2.71. The third-order valence-corrected chi connectivity index (χ3v) is 3.19.